The molecule has 0 saturated heterocycles. The molecule has 0 aliphatic carbocycles. The van der Waals surface area contributed by atoms with Crippen molar-refractivity contribution < 1.29 is 9.47 Å². The Morgan fingerprint density at radius 1 is 0.629 bits per heavy atom. The van der Waals surface area contributed by atoms with Gasteiger partial charge in [0.25, 0.3) is 0 Å². The van der Waals surface area contributed by atoms with Crippen LogP contribution < -0.4 is 19.3 Å². The predicted molar refractivity (Wildman–Crippen MR) is 145 cm³/mol. The van der Waals surface area contributed by atoms with Gasteiger partial charge in [-0.2, -0.15) is 0 Å². The Morgan fingerprint density at radius 3 is 1.77 bits per heavy atom. The monoisotopic (exact) mass is 461 g/mol. The molecule has 174 valence electrons. The summed E-state index contributed by atoms with van der Waals surface area (Å²) in [7, 11) is 8.19. The highest BCUT2D eigenvalue weighted by Crippen LogP contribution is 2.54. The van der Waals surface area contributed by atoms with E-state index in [0.29, 0.717) is 0 Å². The first-order valence-corrected chi connectivity index (χ1v) is 11.7. The van der Waals surface area contributed by atoms with Gasteiger partial charge < -0.3 is 19.3 Å². The second-order valence-electron chi connectivity index (χ2n) is 9.26. The third-order valence-electron chi connectivity index (χ3n) is 6.71. The summed E-state index contributed by atoms with van der Waals surface area (Å²) in [6, 6.07) is 25.4. The van der Waals surface area contributed by atoms with Crippen molar-refractivity contribution in [1.82, 2.24) is 4.98 Å². The number of hydrogen-bond acceptors (Lipinski definition) is 5. The minimum Gasteiger partial charge on any atom is -0.453 e. The van der Waals surface area contributed by atoms with Crippen LogP contribution in [0.1, 0.15) is 0 Å². The molecule has 0 unspecified atom stereocenters. The molecule has 35 heavy (non-hydrogen) atoms. The van der Waals surface area contributed by atoms with Crippen molar-refractivity contribution >= 4 is 33.1 Å². The van der Waals surface area contributed by atoms with Crippen molar-refractivity contribution in [2.24, 2.45) is 0 Å². The minimum absolute atomic E-state index is 0.197. The van der Waals surface area contributed by atoms with Crippen LogP contribution in [0.5, 0.6) is 11.5 Å². The summed E-state index contributed by atoms with van der Waals surface area (Å²) in [5, 5.41) is 3.28. The van der Waals surface area contributed by atoms with Gasteiger partial charge in [-0.1, -0.05) is 42.5 Å². The molecule has 6 rings (SSSR count). The van der Waals surface area contributed by atoms with Crippen LogP contribution in [0.25, 0.3) is 43.9 Å². The molecule has 0 radical (unpaired) electrons. The lowest BCUT2D eigenvalue weighted by Crippen LogP contribution is -2.08. The van der Waals surface area contributed by atoms with E-state index in [1.807, 2.05) is 26.4 Å². The number of anilines is 2. The maximum absolute atomic E-state index is 6.18. The zero-order chi connectivity index (χ0) is 24.1. The number of fused-ring (bicyclic) bond motifs is 4. The van der Waals surface area contributed by atoms with E-state index in [-0.39, 0.29) is 6.79 Å². The topological polar surface area (TPSA) is 37.8 Å². The van der Waals surface area contributed by atoms with E-state index in [1.165, 1.54) is 0 Å². The lowest BCUT2D eigenvalue weighted by molar-refractivity contribution is 0.174. The summed E-state index contributed by atoms with van der Waals surface area (Å²) >= 11 is 0. The summed E-state index contributed by atoms with van der Waals surface area (Å²) in [6.45, 7) is 0.197. The fourth-order valence-electron chi connectivity index (χ4n) is 4.90. The number of hydrogen-bond donors (Lipinski definition) is 0. The van der Waals surface area contributed by atoms with Crippen molar-refractivity contribution in [2.45, 2.75) is 0 Å². The van der Waals surface area contributed by atoms with Gasteiger partial charge in [0.15, 0.2) is 11.5 Å². The summed E-state index contributed by atoms with van der Waals surface area (Å²) in [5.74, 6) is 1.57. The van der Waals surface area contributed by atoms with Gasteiger partial charge in [0.2, 0.25) is 6.79 Å². The van der Waals surface area contributed by atoms with Crippen LogP contribution >= 0.6 is 0 Å². The highest BCUT2D eigenvalue weighted by Gasteiger charge is 2.29. The number of aromatic nitrogens is 1. The SMILES string of the molecule is CN(C)c1ccc(-c2c3c(c(-c4ccc(N(C)C)cc4)c4c2cnc2ccccc24)OCO3)cc1. The zero-order valence-electron chi connectivity index (χ0n) is 20.4. The number of para-hydroxylation sites is 1. The Kier molecular flexibility index (Phi) is 4.99. The van der Waals surface area contributed by atoms with Gasteiger partial charge >= 0.3 is 0 Å². The molecule has 0 N–H and O–H groups in total. The summed E-state index contributed by atoms with van der Waals surface area (Å²) in [5.41, 5.74) is 7.49. The normalized spacial score (nSPS) is 12.3. The molecule has 2 heterocycles. The Morgan fingerprint density at radius 2 is 1.17 bits per heavy atom. The van der Waals surface area contributed by atoms with Gasteiger partial charge in [-0.3, -0.25) is 4.98 Å². The number of nitrogens with zero attached hydrogens (tertiary/aromatic N) is 3. The van der Waals surface area contributed by atoms with E-state index in [4.69, 9.17) is 14.5 Å². The van der Waals surface area contributed by atoms with Crippen molar-refractivity contribution in [3.63, 3.8) is 0 Å². The first-order valence-electron chi connectivity index (χ1n) is 11.7. The fourth-order valence-corrected chi connectivity index (χ4v) is 4.90. The van der Waals surface area contributed by atoms with E-state index < -0.39 is 0 Å². The maximum Gasteiger partial charge on any atom is 0.231 e. The molecular weight excluding hydrogens is 434 g/mol. The largest absolute Gasteiger partial charge is 0.453 e. The fraction of sp³-hybridized carbons (Fsp3) is 0.167. The van der Waals surface area contributed by atoms with Crippen LogP contribution in [0.2, 0.25) is 0 Å². The summed E-state index contributed by atoms with van der Waals surface area (Å²) < 4.78 is 12.3. The highest BCUT2D eigenvalue weighted by molar-refractivity contribution is 6.20. The second kappa shape index (κ2) is 8.20. The molecule has 1 aliphatic rings. The molecule has 0 fully saturated rings. The van der Waals surface area contributed by atoms with Gasteiger partial charge in [0.1, 0.15) is 0 Å². The number of pyridine rings is 1. The van der Waals surface area contributed by atoms with Crippen LogP contribution in [0.3, 0.4) is 0 Å². The van der Waals surface area contributed by atoms with Crippen LogP contribution in [0, 0.1) is 0 Å². The molecule has 1 aromatic heterocycles. The van der Waals surface area contributed by atoms with Gasteiger partial charge in [0, 0.05) is 73.0 Å². The van der Waals surface area contributed by atoms with E-state index >= 15 is 0 Å². The summed E-state index contributed by atoms with van der Waals surface area (Å²) in [4.78, 5) is 9.03. The lowest BCUT2D eigenvalue weighted by Gasteiger charge is -2.19. The van der Waals surface area contributed by atoms with Crippen LogP contribution in [0.15, 0.2) is 79.0 Å². The molecule has 5 nitrogen and oxygen atoms in total. The Hall–Kier alpha value is -4.25. The lowest BCUT2D eigenvalue weighted by atomic mass is 9.89. The zero-order valence-corrected chi connectivity index (χ0v) is 20.4. The van der Waals surface area contributed by atoms with Crippen molar-refractivity contribution in [2.75, 3.05) is 44.8 Å². The third-order valence-corrected chi connectivity index (χ3v) is 6.71. The first-order chi connectivity index (χ1) is 17.0. The smallest absolute Gasteiger partial charge is 0.231 e. The van der Waals surface area contributed by atoms with Crippen LogP contribution in [-0.4, -0.2) is 40.0 Å². The highest BCUT2D eigenvalue weighted by atomic mass is 16.7. The molecule has 4 aromatic carbocycles. The molecule has 0 atom stereocenters. The molecule has 0 saturated carbocycles. The average Bonchev–Trinajstić information content (AvgIpc) is 3.36. The predicted octanol–water partition coefficient (Wildman–Crippen LogP) is 6.58. The summed E-state index contributed by atoms with van der Waals surface area (Å²) in [6.07, 6.45) is 1.98. The van der Waals surface area contributed by atoms with E-state index in [9.17, 15) is 0 Å². The third kappa shape index (κ3) is 3.43. The van der Waals surface area contributed by atoms with Crippen molar-refractivity contribution in [3.8, 4) is 33.8 Å². The Balaban J connectivity index is 1.71. The van der Waals surface area contributed by atoms with Gasteiger partial charge in [-0.25, -0.2) is 0 Å². The molecule has 5 heteroatoms. The van der Waals surface area contributed by atoms with Gasteiger partial charge in [-0.05, 0) is 41.5 Å². The number of ether oxygens (including phenoxy) is 2. The second-order valence-corrected chi connectivity index (χ2v) is 9.26. The van der Waals surface area contributed by atoms with E-state index in [0.717, 1.165) is 66.8 Å². The minimum atomic E-state index is 0.197. The molecule has 1 aliphatic heterocycles. The van der Waals surface area contributed by atoms with Gasteiger partial charge in [-0.15, -0.1) is 0 Å². The number of benzene rings is 4. The van der Waals surface area contributed by atoms with E-state index in [2.05, 4.69) is 90.6 Å². The quantitative estimate of drug-likeness (QED) is 0.283. The Labute approximate surface area is 205 Å². The molecule has 0 amide bonds. The van der Waals surface area contributed by atoms with E-state index in [1.54, 1.807) is 0 Å². The first kappa shape index (κ1) is 21.3. The molecule has 0 spiro atoms. The molecule has 0 bridgehead atoms. The van der Waals surface area contributed by atoms with Crippen molar-refractivity contribution in [3.05, 3.63) is 79.0 Å². The number of rotatable bonds is 4. The van der Waals surface area contributed by atoms with Crippen molar-refractivity contribution in [1.29, 1.82) is 0 Å². The standard InChI is InChI=1S/C30H27N3O2/c1-32(2)21-13-9-19(10-14-21)26-24-17-31-25-8-6-5-7-23(25)28(24)27(30-29(26)34-18-35-30)20-11-15-22(16-12-20)33(3)4/h5-17H,18H2,1-4H3. The average molecular weight is 462 g/mol. The molecular formula is C30H27N3O2. The maximum atomic E-state index is 6.18. The van der Waals surface area contributed by atoms with Crippen LogP contribution in [0.4, 0.5) is 11.4 Å². The van der Waals surface area contributed by atoms with Crippen LogP contribution in [-0.2, 0) is 0 Å². The Bertz CT molecular complexity index is 1560. The molecule has 5 aromatic rings. The van der Waals surface area contributed by atoms with Gasteiger partial charge in [0.05, 0.1) is 5.52 Å².